The third kappa shape index (κ3) is 2.93. The Labute approximate surface area is 101 Å². The SMILES string of the molecule is CCNc1ncc(CN2CCC(OC)C2)s1. The van der Waals surface area contributed by atoms with Crippen LogP contribution in [-0.4, -0.2) is 42.7 Å². The van der Waals surface area contributed by atoms with Gasteiger partial charge in [-0.15, -0.1) is 11.3 Å². The van der Waals surface area contributed by atoms with Gasteiger partial charge in [0, 0.05) is 44.4 Å². The van der Waals surface area contributed by atoms with Crippen LogP contribution in [0.4, 0.5) is 5.13 Å². The van der Waals surface area contributed by atoms with Gasteiger partial charge in [-0.2, -0.15) is 0 Å². The van der Waals surface area contributed by atoms with Crippen LogP contribution >= 0.6 is 11.3 Å². The Hall–Kier alpha value is -0.650. The van der Waals surface area contributed by atoms with Crippen LogP contribution in [0.3, 0.4) is 0 Å². The number of ether oxygens (including phenoxy) is 1. The first-order valence-corrected chi connectivity index (χ1v) is 6.57. The van der Waals surface area contributed by atoms with Gasteiger partial charge in [0.2, 0.25) is 0 Å². The zero-order valence-electron chi connectivity index (χ0n) is 9.90. The van der Waals surface area contributed by atoms with Crippen LogP contribution in [0, 0.1) is 0 Å². The second-order valence-electron chi connectivity index (χ2n) is 4.04. The van der Waals surface area contributed by atoms with Gasteiger partial charge < -0.3 is 10.1 Å². The van der Waals surface area contributed by atoms with Crippen LogP contribution in [0.2, 0.25) is 0 Å². The maximum atomic E-state index is 5.36. The Balaban J connectivity index is 1.84. The second kappa shape index (κ2) is 5.61. The molecule has 1 saturated heterocycles. The van der Waals surface area contributed by atoms with E-state index in [-0.39, 0.29) is 0 Å². The number of aromatic nitrogens is 1. The summed E-state index contributed by atoms with van der Waals surface area (Å²) in [7, 11) is 1.80. The quantitative estimate of drug-likeness (QED) is 0.853. The van der Waals surface area contributed by atoms with Crippen molar-refractivity contribution in [3.63, 3.8) is 0 Å². The van der Waals surface area contributed by atoms with Gasteiger partial charge in [0.15, 0.2) is 5.13 Å². The van der Waals surface area contributed by atoms with Gasteiger partial charge in [-0.1, -0.05) is 0 Å². The summed E-state index contributed by atoms with van der Waals surface area (Å²) in [4.78, 5) is 8.09. The third-order valence-corrected chi connectivity index (χ3v) is 3.76. The lowest BCUT2D eigenvalue weighted by atomic mass is 10.3. The van der Waals surface area contributed by atoms with Crippen molar-refractivity contribution in [2.24, 2.45) is 0 Å². The predicted octanol–water partition coefficient (Wildman–Crippen LogP) is 1.80. The number of methoxy groups -OCH3 is 1. The van der Waals surface area contributed by atoms with E-state index >= 15 is 0 Å². The Bertz CT molecular complexity index is 329. The number of thiazole rings is 1. The molecule has 90 valence electrons. The van der Waals surface area contributed by atoms with E-state index in [1.54, 1.807) is 18.4 Å². The molecule has 1 aromatic heterocycles. The van der Waals surface area contributed by atoms with E-state index in [1.165, 1.54) is 4.88 Å². The topological polar surface area (TPSA) is 37.4 Å². The first kappa shape index (κ1) is 11.8. The van der Waals surface area contributed by atoms with E-state index in [1.807, 2.05) is 6.20 Å². The molecule has 2 heterocycles. The molecule has 1 aromatic rings. The molecule has 0 bridgehead atoms. The predicted molar refractivity (Wildman–Crippen MR) is 67.0 cm³/mol. The van der Waals surface area contributed by atoms with Crippen LogP contribution in [-0.2, 0) is 11.3 Å². The molecule has 1 unspecified atom stereocenters. The average molecular weight is 241 g/mol. The van der Waals surface area contributed by atoms with Gasteiger partial charge in [-0.25, -0.2) is 4.98 Å². The van der Waals surface area contributed by atoms with Crippen LogP contribution in [0.5, 0.6) is 0 Å². The Kier molecular flexibility index (Phi) is 4.15. The first-order chi connectivity index (χ1) is 7.81. The Morgan fingerprint density at radius 1 is 1.69 bits per heavy atom. The molecule has 0 aliphatic carbocycles. The number of anilines is 1. The molecular weight excluding hydrogens is 222 g/mol. The number of nitrogens with zero attached hydrogens (tertiary/aromatic N) is 2. The normalized spacial score (nSPS) is 21.5. The van der Waals surface area contributed by atoms with Crippen LogP contribution in [0.15, 0.2) is 6.20 Å². The molecular formula is C11H19N3OS. The van der Waals surface area contributed by atoms with Gasteiger partial charge in [-0.05, 0) is 13.3 Å². The summed E-state index contributed by atoms with van der Waals surface area (Å²) < 4.78 is 5.36. The molecule has 0 spiro atoms. The van der Waals surface area contributed by atoms with Gasteiger partial charge in [0.05, 0.1) is 6.10 Å². The molecule has 5 heteroatoms. The Morgan fingerprint density at radius 2 is 2.56 bits per heavy atom. The van der Waals surface area contributed by atoms with Crippen LogP contribution in [0.25, 0.3) is 0 Å². The fourth-order valence-electron chi connectivity index (χ4n) is 1.97. The van der Waals surface area contributed by atoms with E-state index in [0.29, 0.717) is 6.10 Å². The maximum absolute atomic E-state index is 5.36. The lowest BCUT2D eigenvalue weighted by Gasteiger charge is -2.13. The monoisotopic (exact) mass is 241 g/mol. The van der Waals surface area contributed by atoms with Gasteiger partial charge in [-0.3, -0.25) is 4.90 Å². The van der Waals surface area contributed by atoms with E-state index in [9.17, 15) is 0 Å². The highest BCUT2D eigenvalue weighted by Gasteiger charge is 2.22. The van der Waals surface area contributed by atoms with Crippen molar-refractivity contribution in [2.45, 2.75) is 26.0 Å². The van der Waals surface area contributed by atoms with Crippen molar-refractivity contribution >= 4 is 16.5 Å². The molecule has 0 saturated carbocycles. The molecule has 0 amide bonds. The summed E-state index contributed by atoms with van der Waals surface area (Å²) in [6.45, 7) is 6.20. The van der Waals surface area contributed by atoms with E-state index < -0.39 is 0 Å². The fourth-order valence-corrected chi connectivity index (χ4v) is 2.89. The van der Waals surface area contributed by atoms with Crippen molar-refractivity contribution in [2.75, 3.05) is 32.1 Å². The maximum Gasteiger partial charge on any atom is 0.182 e. The zero-order valence-corrected chi connectivity index (χ0v) is 10.7. The molecule has 2 rings (SSSR count). The van der Waals surface area contributed by atoms with Crippen molar-refractivity contribution in [3.05, 3.63) is 11.1 Å². The summed E-state index contributed by atoms with van der Waals surface area (Å²) in [5.74, 6) is 0. The largest absolute Gasteiger partial charge is 0.380 e. The minimum atomic E-state index is 0.418. The van der Waals surface area contributed by atoms with Crippen molar-refractivity contribution in [3.8, 4) is 0 Å². The van der Waals surface area contributed by atoms with Crippen molar-refractivity contribution < 1.29 is 4.74 Å². The van der Waals surface area contributed by atoms with E-state index in [0.717, 1.165) is 37.7 Å². The van der Waals surface area contributed by atoms with Crippen LogP contribution in [0.1, 0.15) is 18.2 Å². The zero-order chi connectivity index (χ0) is 11.4. The molecule has 0 aromatic carbocycles. The standard InChI is InChI=1S/C11H19N3OS/c1-3-12-11-13-6-10(16-11)8-14-5-4-9(7-14)15-2/h6,9H,3-5,7-8H2,1-2H3,(H,12,13). The highest BCUT2D eigenvalue weighted by Crippen LogP contribution is 2.22. The number of likely N-dealkylation sites (tertiary alicyclic amines) is 1. The molecule has 4 nitrogen and oxygen atoms in total. The van der Waals surface area contributed by atoms with Gasteiger partial charge in [0.25, 0.3) is 0 Å². The minimum absolute atomic E-state index is 0.418. The molecule has 0 radical (unpaired) electrons. The van der Waals surface area contributed by atoms with Crippen LogP contribution < -0.4 is 5.32 Å². The summed E-state index contributed by atoms with van der Waals surface area (Å²) in [6, 6.07) is 0. The first-order valence-electron chi connectivity index (χ1n) is 5.75. The summed E-state index contributed by atoms with van der Waals surface area (Å²) in [5.41, 5.74) is 0. The molecule has 1 N–H and O–H groups in total. The molecule has 1 atom stereocenters. The summed E-state index contributed by atoms with van der Waals surface area (Å²) >= 11 is 1.75. The Morgan fingerprint density at radius 3 is 3.25 bits per heavy atom. The lowest BCUT2D eigenvalue weighted by Crippen LogP contribution is -2.21. The van der Waals surface area contributed by atoms with Gasteiger partial charge >= 0.3 is 0 Å². The molecule has 1 fully saturated rings. The summed E-state index contributed by atoms with van der Waals surface area (Å²) in [5, 5.41) is 4.26. The molecule has 1 aliphatic rings. The molecule has 1 aliphatic heterocycles. The second-order valence-corrected chi connectivity index (χ2v) is 5.16. The highest BCUT2D eigenvalue weighted by atomic mass is 32.1. The number of hydrogen-bond acceptors (Lipinski definition) is 5. The smallest absolute Gasteiger partial charge is 0.182 e. The minimum Gasteiger partial charge on any atom is -0.380 e. The summed E-state index contributed by atoms with van der Waals surface area (Å²) in [6.07, 6.45) is 3.54. The van der Waals surface area contributed by atoms with Crippen molar-refractivity contribution in [1.82, 2.24) is 9.88 Å². The number of hydrogen-bond donors (Lipinski definition) is 1. The highest BCUT2D eigenvalue weighted by molar-refractivity contribution is 7.15. The molecule has 16 heavy (non-hydrogen) atoms. The van der Waals surface area contributed by atoms with Crippen molar-refractivity contribution in [1.29, 1.82) is 0 Å². The van der Waals surface area contributed by atoms with E-state index in [2.05, 4.69) is 22.1 Å². The van der Waals surface area contributed by atoms with Gasteiger partial charge in [0.1, 0.15) is 0 Å². The number of nitrogens with one attached hydrogen (secondary N) is 1. The van der Waals surface area contributed by atoms with E-state index in [4.69, 9.17) is 4.74 Å². The third-order valence-electron chi connectivity index (χ3n) is 2.82. The number of rotatable bonds is 5. The fraction of sp³-hybridized carbons (Fsp3) is 0.727. The average Bonchev–Trinajstić information content (AvgIpc) is 2.89. The lowest BCUT2D eigenvalue weighted by molar-refractivity contribution is 0.107.